The molecule has 0 fully saturated rings. The van der Waals surface area contributed by atoms with Crippen LogP contribution in [0.5, 0.6) is 0 Å². The fourth-order valence-corrected chi connectivity index (χ4v) is 4.68. The molecule has 0 unspecified atom stereocenters. The van der Waals surface area contributed by atoms with Crippen molar-refractivity contribution in [2.75, 3.05) is 0 Å². The number of allylic oxidation sites excluding steroid dienone is 1. The van der Waals surface area contributed by atoms with Crippen molar-refractivity contribution < 1.29 is 8.42 Å². The molecule has 1 atom stereocenters. The van der Waals surface area contributed by atoms with Crippen molar-refractivity contribution in [1.29, 1.82) is 0 Å². The Morgan fingerprint density at radius 2 is 1.50 bits per heavy atom. The fraction of sp³-hybridized carbons (Fsp3) is 0.263. The summed E-state index contributed by atoms with van der Waals surface area (Å²) in [6.07, 6.45) is 0.914. The number of hydrogen-bond acceptors (Lipinski definition) is 2. The molecule has 0 N–H and O–H groups in total. The molecule has 0 spiro atoms. The number of benzene rings is 2. The summed E-state index contributed by atoms with van der Waals surface area (Å²) in [5.41, 5.74) is 1.89. The zero-order chi connectivity index (χ0) is 16.2. The van der Waals surface area contributed by atoms with Crippen LogP contribution in [-0.4, -0.2) is 13.2 Å². The highest BCUT2D eigenvalue weighted by Gasteiger charge is 2.40. The molecule has 2 rings (SSSR count). The highest BCUT2D eigenvalue weighted by atomic mass is 32.2. The van der Waals surface area contributed by atoms with Crippen molar-refractivity contribution in [2.45, 2.75) is 36.3 Å². The van der Waals surface area contributed by atoms with Gasteiger partial charge in [-0.2, -0.15) is 0 Å². The Balaban J connectivity index is 2.47. The summed E-state index contributed by atoms with van der Waals surface area (Å²) in [7, 11) is -3.45. The number of sulfone groups is 1. The van der Waals surface area contributed by atoms with Crippen LogP contribution in [-0.2, 0) is 16.3 Å². The van der Waals surface area contributed by atoms with Gasteiger partial charge < -0.3 is 0 Å². The van der Waals surface area contributed by atoms with E-state index in [2.05, 4.69) is 6.58 Å². The van der Waals surface area contributed by atoms with Crippen LogP contribution >= 0.6 is 0 Å². The van der Waals surface area contributed by atoms with Gasteiger partial charge >= 0.3 is 0 Å². The maximum absolute atomic E-state index is 13.2. The SMILES string of the molecule is C=C(C)C[C@](C)(Cc1ccccc1)S(=O)(=O)c1ccccc1. The van der Waals surface area contributed by atoms with Crippen LogP contribution in [0.1, 0.15) is 25.8 Å². The third kappa shape index (κ3) is 3.47. The molecule has 3 heteroatoms. The van der Waals surface area contributed by atoms with Gasteiger partial charge in [-0.1, -0.05) is 54.1 Å². The molecule has 0 aliphatic carbocycles. The normalized spacial score (nSPS) is 14.3. The summed E-state index contributed by atoms with van der Waals surface area (Å²) in [5.74, 6) is 0. The quantitative estimate of drug-likeness (QED) is 0.739. The molecule has 0 aliphatic heterocycles. The summed E-state index contributed by atoms with van der Waals surface area (Å²) < 4.78 is 25.4. The molecule has 0 amide bonds. The second-order valence-electron chi connectivity index (χ2n) is 6.06. The van der Waals surface area contributed by atoms with Gasteiger partial charge in [0.1, 0.15) is 0 Å². The lowest BCUT2D eigenvalue weighted by atomic mass is 9.94. The first-order chi connectivity index (χ1) is 10.3. The lowest BCUT2D eigenvalue weighted by Gasteiger charge is -2.30. The molecule has 2 aromatic rings. The Hall–Kier alpha value is -1.87. The molecule has 2 nitrogen and oxygen atoms in total. The first-order valence-corrected chi connectivity index (χ1v) is 8.81. The highest BCUT2D eigenvalue weighted by Crippen LogP contribution is 2.34. The monoisotopic (exact) mass is 314 g/mol. The molecule has 0 radical (unpaired) electrons. The van der Waals surface area contributed by atoms with E-state index in [-0.39, 0.29) is 0 Å². The summed E-state index contributed by atoms with van der Waals surface area (Å²) >= 11 is 0. The molecule has 0 heterocycles. The van der Waals surface area contributed by atoms with E-state index in [1.807, 2.05) is 50.2 Å². The van der Waals surface area contributed by atoms with E-state index in [1.165, 1.54) is 0 Å². The number of hydrogen-bond donors (Lipinski definition) is 0. The van der Waals surface area contributed by atoms with Gasteiger partial charge in [0.05, 0.1) is 9.64 Å². The molecule has 22 heavy (non-hydrogen) atoms. The number of rotatable bonds is 6. The summed E-state index contributed by atoms with van der Waals surface area (Å²) in [5, 5.41) is 0. The van der Waals surface area contributed by atoms with E-state index < -0.39 is 14.6 Å². The van der Waals surface area contributed by atoms with Crippen molar-refractivity contribution >= 4 is 9.84 Å². The molecule has 0 saturated carbocycles. The summed E-state index contributed by atoms with van der Waals surface area (Å²) in [4.78, 5) is 0.370. The first-order valence-electron chi connectivity index (χ1n) is 7.33. The second kappa shape index (κ2) is 6.49. The first kappa shape index (κ1) is 16.5. The second-order valence-corrected chi connectivity index (χ2v) is 8.53. The minimum absolute atomic E-state index is 0.370. The zero-order valence-electron chi connectivity index (χ0n) is 13.1. The Bertz CT molecular complexity index is 734. The molecule has 0 bridgehead atoms. The van der Waals surface area contributed by atoms with Gasteiger partial charge in [-0.15, -0.1) is 6.58 Å². The van der Waals surface area contributed by atoms with E-state index in [1.54, 1.807) is 24.3 Å². The largest absolute Gasteiger partial charge is 0.223 e. The Kier molecular flexibility index (Phi) is 4.87. The fourth-order valence-electron chi connectivity index (χ4n) is 2.80. The molecule has 2 aromatic carbocycles. The van der Waals surface area contributed by atoms with Crippen molar-refractivity contribution in [3.63, 3.8) is 0 Å². The third-order valence-corrected chi connectivity index (χ3v) is 6.28. The maximum Gasteiger partial charge on any atom is 0.184 e. The van der Waals surface area contributed by atoms with Crippen LogP contribution in [0.4, 0.5) is 0 Å². The summed E-state index contributed by atoms with van der Waals surface area (Å²) in [6.45, 7) is 7.62. The highest BCUT2D eigenvalue weighted by molar-refractivity contribution is 7.92. The molecular weight excluding hydrogens is 292 g/mol. The van der Waals surface area contributed by atoms with Crippen LogP contribution in [0, 0.1) is 0 Å². The van der Waals surface area contributed by atoms with E-state index in [9.17, 15) is 8.42 Å². The predicted octanol–water partition coefficient (Wildman–Crippen LogP) is 4.43. The van der Waals surface area contributed by atoms with Crippen LogP contribution in [0.25, 0.3) is 0 Å². The third-order valence-electron chi connectivity index (χ3n) is 3.80. The Morgan fingerprint density at radius 3 is 2.00 bits per heavy atom. The maximum atomic E-state index is 13.2. The molecular formula is C19H22O2S. The van der Waals surface area contributed by atoms with Crippen LogP contribution in [0.2, 0.25) is 0 Å². The zero-order valence-corrected chi connectivity index (χ0v) is 13.9. The van der Waals surface area contributed by atoms with Gasteiger partial charge in [0.25, 0.3) is 0 Å². The standard InChI is InChI=1S/C19H22O2S/c1-16(2)14-19(3,15-17-10-6-4-7-11-17)22(20,21)18-12-8-5-9-13-18/h4-13H,1,14-15H2,2-3H3/t19-/m1/s1. The van der Waals surface area contributed by atoms with Crippen molar-refractivity contribution in [3.05, 3.63) is 78.4 Å². The average molecular weight is 314 g/mol. The smallest absolute Gasteiger partial charge is 0.184 e. The average Bonchev–Trinajstić information content (AvgIpc) is 2.48. The summed E-state index contributed by atoms with van der Waals surface area (Å²) in [6, 6.07) is 18.4. The topological polar surface area (TPSA) is 34.1 Å². The van der Waals surface area contributed by atoms with Crippen molar-refractivity contribution in [2.24, 2.45) is 0 Å². The van der Waals surface area contributed by atoms with Gasteiger partial charge in [-0.3, -0.25) is 0 Å². The molecule has 116 valence electrons. The van der Waals surface area contributed by atoms with Gasteiger partial charge in [0.15, 0.2) is 9.84 Å². The van der Waals surface area contributed by atoms with Crippen molar-refractivity contribution in [3.8, 4) is 0 Å². The van der Waals surface area contributed by atoms with Crippen LogP contribution in [0.3, 0.4) is 0 Å². The minimum Gasteiger partial charge on any atom is -0.223 e. The lowest BCUT2D eigenvalue weighted by Crippen LogP contribution is -2.38. The van der Waals surface area contributed by atoms with Crippen LogP contribution in [0.15, 0.2) is 77.7 Å². The van der Waals surface area contributed by atoms with Crippen molar-refractivity contribution in [1.82, 2.24) is 0 Å². The van der Waals surface area contributed by atoms with Crippen LogP contribution < -0.4 is 0 Å². The van der Waals surface area contributed by atoms with Gasteiger partial charge in [-0.05, 0) is 44.4 Å². The van der Waals surface area contributed by atoms with E-state index >= 15 is 0 Å². The lowest BCUT2D eigenvalue weighted by molar-refractivity contribution is 0.520. The van der Waals surface area contributed by atoms with E-state index in [4.69, 9.17) is 0 Å². The van der Waals surface area contributed by atoms with E-state index in [0.717, 1.165) is 11.1 Å². The van der Waals surface area contributed by atoms with Gasteiger partial charge in [0.2, 0.25) is 0 Å². The molecule has 0 saturated heterocycles. The molecule has 0 aromatic heterocycles. The van der Waals surface area contributed by atoms with Gasteiger partial charge in [-0.25, -0.2) is 8.42 Å². The Morgan fingerprint density at radius 1 is 1.00 bits per heavy atom. The van der Waals surface area contributed by atoms with Gasteiger partial charge in [0, 0.05) is 0 Å². The Labute approximate surface area is 133 Å². The van der Waals surface area contributed by atoms with E-state index in [0.29, 0.717) is 17.7 Å². The minimum atomic E-state index is -3.45. The predicted molar refractivity (Wildman–Crippen MR) is 91.6 cm³/mol. The molecule has 0 aliphatic rings.